The Balaban J connectivity index is 0.00000192. The summed E-state index contributed by atoms with van der Waals surface area (Å²) in [6.45, 7) is 3.13. The first-order valence-electron chi connectivity index (χ1n) is 7.67. The van der Waals surface area contributed by atoms with Crippen LogP contribution in [0.3, 0.4) is 0 Å². The normalized spacial score (nSPS) is 16.6. The van der Waals surface area contributed by atoms with Crippen LogP contribution < -0.4 is 5.73 Å². The van der Waals surface area contributed by atoms with E-state index in [9.17, 15) is 0 Å². The smallest absolute Gasteiger partial charge is 0.191 e. The van der Waals surface area contributed by atoms with E-state index in [1.54, 1.807) is 7.11 Å². The number of thiazole rings is 1. The van der Waals surface area contributed by atoms with Crippen molar-refractivity contribution < 1.29 is 4.74 Å². The lowest BCUT2D eigenvalue weighted by Gasteiger charge is -2.31. The topological polar surface area (TPSA) is 63.7 Å². The first-order valence-corrected chi connectivity index (χ1v) is 8.49. The highest BCUT2D eigenvalue weighted by atomic mass is 127. The van der Waals surface area contributed by atoms with Gasteiger partial charge in [0.15, 0.2) is 5.96 Å². The number of para-hydroxylation sites is 1. The number of nitrogens with two attached hydrogens (primary N) is 1. The molecule has 1 aliphatic rings. The molecule has 0 saturated carbocycles. The Labute approximate surface area is 158 Å². The van der Waals surface area contributed by atoms with Crippen molar-refractivity contribution in [2.45, 2.75) is 18.8 Å². The van der Waals surface area contributed by atoms with Gasteiger partial charge in [-0.15, -0.1) is 35.3 Å². The Kier molecular flexibility index (Phi) is 7.04. The van der Waals surface area contributed by atoms with E-state index in [4.69, 9.17) is 15.5 Å². The summed E-state index contributed by atoms with van der Waals surface area (Å²) < 4.78 is 6.27. The van der Waals surface area contributed by atoms with Gasteiger partial charge in [0.1, 0.15) is 0 Å². The molecule has 2 heterocycles. The lowest BCUT2D eigenvalue weighted by molar-refractivity contribution is 0.207. The average molecular weight is 446 g/mol. The first kappa shape index (κ1) is 18.4. The van der Waals surface area contributed by atoms with Crippen LogP contribution in [-0.2, 0) is 4.74 Å². The summed E-state index contributed by atoms with van der Waals surface area (Å²) in [4.78, 5) is 11.3. The van der Waals surface area contributed by atoms with Crippen molar-refractivity contribution >= 4 is 51.5 Å². The fourth-order valence-electron chi connectivity index (χ4n) is 2.77. The van der Waals surface area contributed by atoms with Crippen LogP contribution in [0.2, 0.25) is 0 Å². The van der Waals surface area contributed by atoms with Gasteiger partial charge < -0.3 is 15.4 Å². The number of methoxy groups -OCH3 is 1. The number of hydrogen-bond acceptors (Lipinski definition) is 4. The number of hydrogen-bond donors (Lipinski definition) is 1. The molecule has 7 heteroatoms. The molecular weight excluding hydrogens is 423 g/mol. The van der Waals surface area contributed by atoms with Crippen molar-refractivity contribution in [3.63, 3.8) is 0 Å². The molecule has 2 N–H and O–H groups in total. The third-order valence-corrected chi connectivity index (χ3v) is 5.25. The second-order valence-electron chi connectivity index (χ2n) is 5.51. The Bertz CT molecular complexity index is 619. The van der Waals surface area contributed by atoms with E-state index in [1.807, 2.05) is 17.4 Å². The number of nitrogens with zero attached hydrogens (tertiary/aromatic N) is 3. The fourth-order valence-corrected chi connectivity index (χ4v) is 3.91. The van der Waals surface area contributed by atoms with E-state index in [0.717, 1.165) is 31.4 Å². The van der Waals surface area contributed by atoms with E-state index >= 15 is 0 Å². The predicted molar refractivity (Wildman–Crippen MR) is 107 cm³/mol. The summed E-state index contributed by atoms with van der Waals surface area (Å²) in [5.74, 6) is 1.18. The lowest BCUT2D eigenvalue weighted by Crippen LogP contribution is -2.42. The molecule has 1 fully saturated rings. The summed E-state index contributed by atoms with van der Waals surface area (Å²) in [6.07, 6.45) is 2.17. The van der Waals surface area contributed by atoms with Crippen molar-refractivity contribution in [2.75, 3.05) is 33.4 Å². The zero-order valence-electron chi connectivity index (χ0n) is 13.3. The number of halogens is 1. The van der Waals surface area contributed by atoms with E-state index < -0.39 is 0 Å². The number of likely N-dealkylation sites (tertiary alicyclic amines) is 1. The molecule has 5 nitrogen and oxygen atoms in total. The van der Waals surface area contributed by atoms with E-state index in [1.165, 1.54) is 9.71 Å². The maximum atomic E-state index is 6.04. The van der Waals surface area contributed by atoms with Gasteiger partial charge in [-0.1, -0.05) is 12.1 Å². The van der Waals surface area contributed by atoms with Gasteiger partial charge in [0.25, 0.3) is 0 Å². The van der Waals surface area contributed by atoms with Crippen LogP contribution in [0.15, 0.2) is 29.3 Å². The molecule has 0 amide bonds. The molecule has 1 aromatic heterocycles. The van der Waals surface area contributed by atoms with Crippen LogP contribution in [0.1, 0.15) is 23.8 Å². The number of fused-ring (bicyclic) bond motifs is 1. The van der Waals surface area contributed by atoms with E-state index in [2.05, 4.69) is 28.1 Å². The van der Waals surface area contributed by atoms with Crippen molar-refractivity contribution in [1.82, 2.24) is 9.88 Å². The molecule has 0 radical (unpaired) electrons. The number of aromatic nitrogens is 1. The third kappa shape index (κ3) is 4.54. The molecule has 0 aliphatic carbocycles. The lowest BCUT2D eigenvalue weighted by atomic mass is 9.98. The molecule has 0 spiro atoms. The fraction of sp³-hybridized carbons (Fsp3) is 0.500. The van der Waals surface area contributed by atoms with Gasteiger partial charge in [0.2, 0.25) is 0 Å². The molecule has 126 valence electrons. The molecule has 1 aromatic carbocycles. The third-order valence-electron chi connectivity index (χ3n) is 4.05. The van der Waals surface area contributed by atoms with E-state index in [-0.39, 0.29) is 24.0 Å². The summed E-state index contributed by atoms with van der Waals surface area (Å²) >= 11 is 1.82. The molecule has 23 heavy (non-hydrogen) atoms. The zero-order chi connectivity index (χ0) is 15.4. The van der Waals surface area contributed by atoms with Crippen molar-refractivity contribution in [2.24, 2.45) is 10.7 Å². The molecule has 0 unspecified atom stereocenters. The van der Waals surface area contributed by atoms with Gasteiger partial charge >= 0.3 is 0 Å². The zero-order valence-corrected chi connectivity index (χ0v) is 16.4. The van der Waals surface area contributed by atoms with Crippen LogP contribution in [0, 0.1) is 0 Å². The average Bonchev–Trinajstić information content (AvgIpc) is 2.99. The molecule has 0 atom stereocenters. The maximum Gasteiger partial charge on any atom is 0.191 e. The summed E-state index contributed by atoms with van der Waals surface area (Å²) in [5, 5.41) is 1.26. The minimum Gasteiger partial charge on any atom is -0.383 e. The van der Waals surface area contributed by atoms with Gasteiger partial charge in [-0.05, 0) is 25.0 Å². The van der Waals surface area contributed by atoms with E-state index in [0.29, 0.717) is 25.0 Å². The van der Waals surface area contributed by atoms with Gasteiger partial charge in [0.05, 0.1) is 28.4 Å². The predicted octanol–water partition coefficient (Wildman–Crippen LogP) is 3.05. The van der Waals surface area contributed by atoms with Gasteiger partial charge in [0, 0.05) is 26.1 Å². The van der Waals surface area contributed by atoms with Crippen LogP contribution >= 0.6 is 35.3 Å². The molecule has 1 saturated heterocycles. The second kappa shape index (κ2) is 8.79. The van der Waals surface area contributed by atoms with Crippen LogP contribution in [0.25, 0.3) is 10.2 Å². The molecule has 0 bridgehead atoms. The second-order valence-corrected chi connectivity index (χ2v) is 6.58. The minimum atomic E-state index is 0. The number of ether oxygens (including phenoxy) is 1. The number of guanidine groups is 1. The standard InChI is InChI=1S/C16H22N4OS.HI/c1-21-11-8-18-16(17)20-9-6-12(7-10-20)15-19-13-4-2-3-5-14(13)22-15;/h2-5,12H,6-11H2,1H3,(H2,17,18);1H. The van der Waals surface area contributed by atoms with Crippen LogP contribution in [-0.4, -0.2) is 49.2 Å². The van der Waals surface area contributed by atoms with Crippen molar-refractivity contribution in [3.8, 4) is 0 Å². The molecule has 3 rings (SSSR count). The van der Waals surface area contributed by atoms with Crippen LogP contribution in [0.4, 0.5) is 0 Å². The largest absolute Gasteiger partial charge is 0.383 e. The monoisotopic (exact) mass is 446 g/mol. The summed E-state index contributed by atoms with van der Waals surface area (Å²) in [7, 11) is 1.68. The Hall–Kier alpha value is -0.930. The number of benzene rings is 1. The SMILES string of the molecule is COCCN=C(N)N1CCC(c2nc3ccccc3s2)CC1.I. The Morgan fingerprint density at radius 2 is 2.13 bits per heavy atom. The Morgan fingerprint density at radius 3 is 2.83 bits per heavy atom. The highest BCUT2D eigenvalue weighted by Gasteiger charge is 2.24. The van der Waals surface area contributed by atoms with Crippen molar-refractivity contribution in [1.29, 1.82) is 0 Å². The number of rotatable bonds is 4. The maximum absolute atomic E-state index is 6.04. The van der Waals surface area contributed by atoms with Gasteiger partial charge in [-0.2, -0.15) is 0 Å². The summed E-state index contributed by atoms with van der Waals surface area (Å²) in [6, 6.07) is 8.35. The van der Waals surface area contributed by atoms with Crippen molar-refractivity contribution in [3.05, 3.63) is 29.3 Å². The molecule has 2 aromatic rings. The highest BCUT2D eigenvalue weighted by molar-refractivity contribution is 14.0. The summed E-state index contributed by atoms with van der Waals surface area (Å²) in [5.41, 5.74) is 7.16. The Morgan fingerprint density at radius 1 is 1.39 bits per heavy atom. The number of piperidine rings is 1. The molecule has 1 aliphatic heterocycles. The van der Waals surface area contributed by atoms with Crippen LogP contribution in [0.5, 0.6) is 0 Å². The van der Waals surface area contributed by atoms with Gasteiger partial charge in [-0.25, -0.2) is 4.98 Å². The highest BCUT2D eigenvalue weighted by Crippen LogP contribution is 2.33. The quantitative estimate of drug-likeness (QED) is 0.340. The van der Waals surface area contributed by atoms with Gasteiger partial charge in [-0.3, -0.25) is 4.99 Å². The number of aliphatic imine (C=N–C) groups is 1. The minimum absolute atomic E-state index is 0. The first-order chi connectivity index (χ1) is 10.8. The molecular formula is C16H23IN4OS.